The predicted octanol–water partition coefficient (Wildman–Crippen LogP) is 4.00. The molecule has 0 saturated carbocycles. The van der Waals surface area contributed by atoms with Crippen LogP contribution in [0.15, 0.2) is 47.4 Å². The molecule has 1 heterocycles. The molecule has 1 amide bonds. The van der Waals surface area contributed by atoms with Crippen molar-refractivity contribution < 1.29 is 13.2 Å². The van der Waals surface area contributed by atoms with Crippen LogP contribution < -0.4 is 5.32 Å². The van der Waals surface area contributed by atoms with Crippen molar-refractivity contribution in [2.45, 2.75) is 31.6 Å². The van der Waals surface area contributed by atoms with E-state index in [1.165, 1.54) is 10.4 Å². The summed E-state index contributed by atoms with van der Waals surface area (Å²) in [6.45, 7) is 4.33. The monoisotopic (exact) mass is 406 g/mol. The molecule has 0 radical (unpaired) electrons. The Hall–Kier alpha value is -1.89. The highest BCUT2D eigenvalue weighted by molar-refractivity contribution is 7.89. The summed E-state index contributed by atoms with van der Waals surface area (Å²) in [6.07, 6.45) is 1.31. The first-order valence-electron chi connectivity index (χ1n) is 8.92. The number of sulfonamides is 1. The van der Waals surface area contributed by atoms with Gasteiger partial charge in [0.05, 0.1) is 10.8 Å². The molecule has 1 aliphatic rings. The summed E-state index contributed by atoms with van der Waals surface area (Å²) in [6, 6.07) is 12.3. The molecule has 27 heavy (non-hydrogen) atoms. The maximum absolute atomic E-state index is 13.0. The maximum atomic E-state index is 13.0. The van der Waals surface area contributed by atoms with E-state index in [2.05, 4.69) is 5.32 Å². The molecule has 1 N–H and O–H groups in total. The predicted molar refractivity (Wildman–Crippen MR) is 107 cm³/mol. The highest BCUT2D eigenvalue weighted by atomic mass is 35.5. The molecule has 144 valence electrons. The Morgan fingerprint density at radius 1 is 1.15 bits per heavy atom. The number of rotatable bonds is 4. The molecule has 1 atom stereocenters. The van der Waals surface area contributed by atoms with Gasteiger partial charge in [0, 0.05) is 23.8 Å². The van der Waals surface area contributed by atoms with Crippen LogP contribution in [-0.4, -0.2) is 31.7 Å². The topological polar surface area (TPSA) is 66.5 Å². The number of halogens is 1. The zero-order valence-electron chi connectivity index (χ0n) is 15.4. The molecule has 0 spiro atoms. The molecular formula is C20H23ClN2O3S. The fourth-order valence-corrected chi connectivity index (χ4v) is 5.00. The lowest BCUT2D eigenvalue weighted by atomic mass is 9.98. The van der Waals surface area contributed by atoms with Crippen LogP contribution >= 0.6 is 11.6 Å². The maximum Gasteiger partial charge on any atom is 0.243 e. The minimum atomic E-state index is -3.68. The van der Waals surface area contributed by atoms with Gasteiger partial charge in [-0.15, -0.1) is 0 Å². The molecule has 1 aliphatic heterocycles. The first kappa shape index (κ1) is 19.9. The summed E-state index contributed by atoms with van der Waals surface area (Å²) in [5, 5.41) is 3.35. The Kier molecular flexibility index (Phi) is 5.89. The van der Waals surface area contributed by atoms with E-state index in [9.17, 15) is 13.2 Å². The first-order chi connectivity index (χ1) is 12.8. The van der Waals surface area contributed by atoms with Crippen LogP contribution in [0.3, 0.4) is 0 Å². The number of anilines is 1. The average molecular weight is 407 g/mol. The second-order valence-electron chi connectivity index (χ2n) is 6.92. The van der Waals surface area contributed by atoms with Gasteiger partial charge in [0.15, 0.2) is 0 Å². The highest BCUT2D eigenvalue weighted by Crippen LogP contribution is 2.27. The number of piperidine rings is 1. The molecule has 2 aromatic rings. The summed E-state index contributed by atoms with van der Waals surface area (Å²) in [4.78, 5) is 12.8. The number of carbonyl (C=O) groups is 1. The van der Waals surface area contributed by atoms with Crippen molar-refractivity contribution in [3.63, 3.8) is 0 Å². The minimum absolute atomic E-state index is 0.147. The van der Waals surface area contributed by atoms with Crippen molar-refractivity contribution in [2.75, 3.05) is 18.4 Å². The summed E-state index contributed by atoms with van der Waals surface area (Å²) in [5.74, 6) is -0.528. The van der Waals surface area contributed by atoms with Crippen LogP contribution in [0.2, 0.25) is 5.02 Å². The Morgan fingerprint density at radius 3 is 2.59 bits per heavy atom. The van der Waals surface area contributed by atoms with Crippen LogP contribution in [0.5, 0.6) is 0 Å². The van der Waals surface area contributed by atoms with Crippen LogP contribution in [0.1, 0.15) is 24.0 Å². The van der Waals surface area contributed by atoms with E-state index in [1.807, 2.05) is 38.1 Å². The number of carbonyl (C=O) groups excluding carboxylic acids is 1. The van der Waals surface area contributed by atoms with Gasteiger partial charge >= 0.3 is 0 Å². The van der Waals surface area contributed by atoms with Crippen LogP contribution in [-0.2, 0) is 14.8 Å². The van der Waals surface area contributed by atoms with E-state index in [4.69, 9.17) is 11.6 Å². The molecule has 3 rings (SSSR count). The smallest absolute Gasteiger partial charge is 0.243 e. The summed E-state index contributed by atoms with van der Waals surface area (Å²) >= 11 is 6.10. The lowest BCUT2D eigenvalue weighted by Crippen LogP contribution is -2.43. The second kappa shape index (κ2) is 8.00. The number of para-hydroxylation sites is 1. The molecule has 0 aromatic heterocycles. The molecule has 0 bridgehead atoms. The zero-order valence-corrected chi connectivity index (χ0v) is 17.0. The van der Waals surface area contributed by atoms with Crippen molar-refractivity contribution in [1.29, 1.82) is 0 Å². The Morgan fingerprint density at radius 2 is 1.89 bits per heavy atom. The average Bonchev–Trinajstić information content (AvgIpc) is 2.65. The lowest BCUT2D eigenvalue weighted by molar-refractivity contribution is -0.120. The Balaban J connectivity index is 1.76. The SMILES string of the molecule is Cc1ccc(S(=O)(=O)N2CCCC(C(=O)Nc3ccccc3C)C2)cc1Cl. The molecular weight excluding hydrogens is 384 g/mol. The Labute approximate surface area is 165 Å². The minimum Gasteiger partial charge on any atom is -0.326 e. The largest absolute Gasteiger partial charge is 0.326 e. The van der Waals surface area contributed by atoms with Crippen molar-refractivity contribution in [3.8, 4) is 0 Å². The molecule has 1 fully saturated rings. The molecule has 1 unspecified atom stereocenters. The summed E-state index contributed by atoms with van der Waals surface area (Å²) < 4.78 is 27.3. The van der Waals surface area contributed by atoms with Gasteiger partial charge in [-0.25, -0.2) is 8.42 Å². The van der Waals surface area contributed by atoms with Crippen molar-refractivity contribution >= 4 is 33.2 Å². The Bertz CT molecular complexity index is 959. The normalized spacial score (nSPS) is 18.3. The van der Waals surface area contributed by atoms with E-state index in [0.717, 1.165) is 16.8 Å². The quantitative estimate of drug-likeness (QED) is 0.834. The standard InChI is InChI=1S/C20H23ClN2O3S/c1-14-9-10-17(12-18(14)21)27(25,26)23-11-5-7-16(13-23)20(24)22-19-8-4-3-6-15(19)2/h3-4,6,8-10,12,16H,5,7,11,13H2,1-2H3,(H,22,24). The third-order valence-corrected chi connectivity index (χ3v) is 7.21. The van der Waals surface area contributed by atoms with Crippen molar-refractivity contribution in [1.82, 2.24) is 4.31 Å². The zero-order chi connectivity index (χ0) is 19.6. The molecule has 0 aliphatic carbocycles. The highest BCUT2D eigenvalue weighted by Gasteiger charge is 2.33. The van der Waals surface area contributed by atoms with Crippen LogP contribution in [0.25, 0.3) is 0 Å². The number of nitrogens with zero attached hydrogens (tertiary/aromatic N) is 1. The van der Waals surface area contributed by atoms with Gasteiger partial charge in [-0.2, -0.15) is 4.31 Å². The van der Waals surface area contributed by atoms with Crippen LogP contribution in [0, 0.1) is 19.8 Å². The number of hydrogen-bond acceptors (Lipinski definition) is 3. The van der Waals surface area contributed by atoms with E-state index >= 15 is 0 Å². The number of amides is 1. The molecule has 1 saturated heterocycles. The van der Waals surface area contributed by atoms with E-state index in [0.29, 0.717) is 24.4 Å². The van der Waals surface area contributed by atoms with Gasteiger partial charge in [-0.05, 0) is 56.0 Å². The van der Waals surface area contributed by atoms with Gasteiger partial charge in [0.25, 0.3) is 0 Å². The lowest BCUT2D eigenvalue weighted by Gasteiger charge is -2.31. The summed E-state index contributed by atoms with van der Waals surface area (Å²) in [5.41, 5.74) is 2.55. The van der Waals surface area contributed by atoms with Crippen LogP contribution in [0.4, 0.5) is 5.69 Å². The van der Waals surface area contributed by atoms with E-state index in [1.54, 1.807) is 12.1 Å². The first-order valence-corrected chi connectivity index (χ1v) is 10.7. The van der Waals surface area contributed by atoms with Gasteiger partial charge in [0.2, 0.25) is 15.9 Å². The third-order valence-electron chi connectivity index (χ3n) is 4.94. The van der Waals surface area contributed by atoms with Gasteiger partial charge in [-0.1, -0.05) is 35.9 Å². The third kappa shape index (κ3) is 4.34. The second-order valence-corrected chi connectivity index (χ2v) is 9.26. The van der Waals surface area contributed by atoms with Gasteiger partial charge < -0.3 is 5.32 Å². The van der Waals surface area contributed by atoms with Gasteiger partial charge in [-0.3, -0.25) is 4.79 Å². The van der Waals surface area contributed by atoms with E-state index < -0.39 is 10.0 Å². The molecule has 5 nitrogen and oxygen atoms in total. The number of nitrogens with one attached hydrogen (secondary N) is 1. The number of benzene rings is 2. The molecule has 2 aromatic carbocycles. The number of aryl methyl sites for hydroxylation is 2. The fourth-order valence-electron chi connectivity index (χ4n) is 3.21. The van der Waals surface area contributed by atoms with Crippen molar-refractivity contribution in [2.24, 2.45) is 5.92 Å². The van der Waals surface area contributed by atoms with Crippen molar-refractivity contribution in [3.05, 3.63) is 58.6 Å². The summed E-state index contributed by atoms with van der Waals surface area (Å²) in [7, 11) is -3.68. The number of hydrogen-bond donors (Lipinski definition) is 1. The van der Waals surface area contributed by atoms with Gasteiger partial charge in [0.1, 0.15) is 0 Å². The van der Waals surface area contributed by atoms with E-state index in [-0.39, 0.29) is 23.3 Å². The molecule has 7 heteroatoms. The fraction of sp³-hybridized carbons (Fsp3) is 0.350.